The third kappa shape index (κ3) is 2.90. The van der Waals surface area contributed by atoms with Crippen LogP contribution in [0.5, 0.6) is 0 Å². The molecule has 0 aliphatic heterocycles. The van der Waals surface area contributed by atoms with Gasteiger partial charge < -0.3 is 10.4 Å². The first-order valence-electron chi connectivity index (χ1n) is 6.90. The van der Waals surface area contributed by atoms with Gasteiger partial charge in [-0.15, -0.1) is 0 Å². The maximum atomic E-state index is 11.3. The zero-order valence-electron chi connectivity index (χ0n) is 11.8. The van der Waals surface area contributed by atoms with E-state index in [1.165, 1.54) is 0 Å². The summed E-state index contributed by atoms with van der Waals surface area (Å²) in [4.78, 5) is 15.6. The van der Waals surface area contributed by atoms with Gasteiger partial charge in [-0.1, -0.05) is 12.8 Å². The molecule has 1 aromatic heterocycles. The fourth-order valence-electron chi connectivity index (χ4n) is 2.88. The summed E-state index contributed by atoms with van der Waals surface area (Å²) in [5.41, 5.74) is 2.71. The van der Waals surface area contributed by atoms with Crippen LogP contribution in [0.2, 0.25) is 0 Å². The first-order valence-corrected chi connectivity index (χ1v) is 6.90. The number of nitrogens with one attached hydrogen (secondary N) is 1. The van der Waals surface area contributed by atoms with Crippen LogP contribution in [0.15, 0.2) is 6.07 Å². The molecule has 1 aromatic rings. The van der Waals surface area contributed by atoms with Crippen molar-refractivity contribution in [3.63, 3.8) is 0 Å². The Morgan fingerprint density at radius 2 is 2.15 bits per heavy atom. The maximum absolute atomic E-state index is 11.3. The fraction of sp³-hybridized carbons (Fsp3) is 0.533. The van der Waals surface area contributed by atoms with Gasteiger partial charge in [0, 0.05) is 11.7 Å². The van der Waals surface area contributed by atoms with Gasteiger partial charge in [0.05, 0.1) is 22.9 Å². The number of aryl methyl sites for hydroxylation is 2. The number of hydrogen-bond donors (Lipinski definition) is 2. The monoisotopic (exact) mass is 273 g/mol. The van der Waals surface area contributed by atoms with E-state index in [1.54, 1.807) is 6.92 Å². The Morgan fingerprint density at radius 1 is 1.45 bits per heavy atom. The molecule has 2 rings (SSSR count). The molecule has 20 heavy (non-hydrogen) atoms. The predicted octanol–water partition coefficient (Wildman–Crippen LogP) is 2.63. The van der Waals surface area contributed by atoms with E-state index in [0.29, 0.717) is 23.4 Å². The van der Waals surface area contributed by atoms with Gasteiger partial charge in [0.25, 0.3) is 0 Å². The Kier molecular flexibility index (Phi) is 4.23. The molecular formula is C15H19N3O2. The van der Waals surface area contributed by atoms with Crippen LogP contribution in [0.1, 0.15) is 42.6 Å². The van der Waals surface area contributed by atoms with Gasteiger partial charge in [0.15, 0.2) is 0 Å². The van der Waals surface area contributed by atoms with Crippen LogP contribution in [0.4, 0.5) is 5.69 Å². The zero-order valence-corrected chi connectivity index (χ0v) is 11.8. The molecule has 0 spiro atoms. The number of rotatable bonds is 3. The van der Waals surface area contributed by atoms with Crippen molar-refractivity contribution in [2.24, 2.45) is 5.92 Å². The van der Waals surface area contributed by atoms with Crippen LogP contribution >= 0.6 is 0 Å². The molecule has 1 saturated carbocycles. The number of carboxylic acids is 1. The molecule has 1 aliphatic carbocycles. The van der Waals surface area contributed by atoms with Crippen molar-refractivity contribution in [2.75, 3.05) is 5.32 Å². The summed E-state index contributed by atoms with van der Waals surface area (Å²) in [6.07, 6.45) is 3.49. The summed E-state index contributed by atoms with van der Waals surface area (Å²) >= 11 is 0. The van der Waals surface area contributed by atoms with Gasteiger partial charge in [0.2, 0.25) is 0 Å². The van der Waals surface area contributed by atoms with Gasteiger partial charge in [-0.25, -0.2) is 0 Å². The standard InChI is InChI=1S/C15H19N3O2/c1-9-7-14(12(8-16)10(2)17-9)18-13-6-4-3-5-11(13)15(19)20/h7,11,13H,3-6H2,1-2H3,(H,17,18)(H,19,20). The highest BCUT2D eigenvalue weighted by Crippen LogP contribution is 2.29. The lowest BCUT2D eigenvalue weighted by molar-refractivity contribution is -0.143. The molecule has 106 valence electrons. The van der Waals surface area contributed by atoms with E-state index in [9.17, 15) is 15.2 Å². The normalized spacial score (nSPS) is 22.1. The van der Waals surface area contributed by atoms with Crippen molar-refractivity contribution in [2.45, 2.75) is 45.6 Å². The Morgan fingerprint density at radius 3 is 2.80 bits per heavy atom. The number of aliphatic carboxylic acids is 1. The number of pyridine rings is 1. The van der Waals surface area contributed by atoms with Gasteiger partial charge >= 0.3 is 5.97 Å². The second kappa shape index (κ2) is 5.91. The third-order valence-electron chi connectivity index (χ3n) is 3.86. The summed E-state index contributed by atoms with van der Waals surface area (Å²) in [5, 5.41) is 21.8. The van der Waals surface area contributed by atoms with Gasteiger partial charge in [0.1, 0.15) is 6.07 Å². The minimum atomic E-state index is -0.761. The van der Waals surface area contributed by atoms with Crippen LogP contribution in [0, 0.1) is 31.1 Å². The molecule has 0 radical (unpaired) electrons. The third-order valence-corrected chi connectivity index (χ3v) is 3.86. The Hall–Kier alpha value is -2.09. The number of carbonyl (C=O) groups is 1. The summed E-state index contributed by atoms with van der Waals surface area (Å²) in [7, 11) is 0. The van der Waals surface area contributed by atoms with E-state index in [-0.39, 0.29) is 12.0 Å². The summed E-state index contributed by atoms with van der Waals surface area (Å²) in [6.45, 7) is 3.67. The molecule has 0 bridgehead atoms. The highest BCUT2D eigenvalue weighted by atomic mass is 16.4. The highest BCUT2D eigenvalue weighted by molar-refractivity contribution is 5.72. The van der Waals surface area contributed by atoms with Crippen LogP contribution in [-0.2, 0) is 4.79 Å². The Labute approximate surface area is 118 Å². The van der Waals surface area contributed by atoms with Crippen molar-refractivity contribution in [3.8, 4) is 6.07 Å². The van der Waals surface area contributed by atoms with Gasteiger partial charge in [-0.2, -0.15) is 5.26 Å². The van der Waals surface area contributed by atoms with Gasteiger partial charge in [-0.05, 0) is 32.8 Å². The maximum Gasteiger partial charge on any atom is 0.308 e. The molecule has 0 saturated heterocycles. The average Bonchev–Trinajstić information content (AvgIpc) is 2.38. The van der Waals surface area contributed by atoms with E-state index in [4.69, 9.17) is 0 Å². The average molecular weight is 273 g/mol. The van der Waals surface area contributed by atoms with Crippen molar-refractivity contribution in [3.05, 3.63) is 23.0 Å². The van der Waals surface area contributed by atoms with Crippen LogP contribution in [0.25, 0.3) is 0 Å². The lowest BCUT2D eigenvalue weighted by Crippen LogP contribution is -2.37. The highest BCUT2D eigenvalue weighted by Gasteiger charge is 2.31. The first kappa shape index (κ1) is 14.3. The molecule has 1 aliphatic rings. The lowest BCUT2D eigenvalue weighted by Gasteiger charge is -2.30. The van der Waals surface area contributed by atoms with Crippen molar-refractivity contribution in [1.29, 1.82) is 5.26 Å². The molecule has 2 atom stereocenters. The minimum absolute atomic E-state index is 0.116. The van der Waals surface area contributed by atoms with Crippen LogP contribution in [0.3, 0.4) is 0 Å². The van der Waals surface area contributed by atoms with E-state index >= 15 is 0 Å². The van der Waals surface area contributed by atoms with Crippen LogP contribution < -0.4 is 5.32 Å². The quantitative estimate of drug-likeness (QED) is 0.884. The first-order chi connectivity index (χ1) is 9.52. The number of anilines is 1. The number of nitrogens with zero attached hydrogens (tertiary/aromatic N) is 2. The van der Waals surface area contributed by atoms with Crippen molar-refractivity contribution < 1.29 is 9.90 Å². The van der Waals surface area contributed by atoms with Crippen molar-refractivity contribution >= 4 is 11.7 Å². The number of aromatic nitrogens is 1. The number of nitriles is 1. The molecular weight excluding hydrogens is 254 g/mol. The van der Waals surface area contributed by atoms with E-state index in [2.05, 4.69) is 16.4 Å². The molecule has 1 fully saturated rings. The second-order valence-corrected chi connectivity index (χ2v) is 5.36. The molecule has 2 N–H and O–H groups in total. The number of hydrogen-bond acceptors (Lipinski definition) is 4. The SMILES string of the molecule is Cc1cc(NC2CCCCC2C(=O)O)c(C#N)c(C)n1. The smallest absolute Gasteiger partial charge is 0.308 e. The predicted molar refractivity (Wildman–Crippen MR) is 75.4 cm³/mol. The summed E-state index contributed by atoms with van der Waals surface area (Å²) in [6, 6.07) is 3.85. The molecule has 2 unspecified atom stereocenters. The molecule has 5 heteroatoms. The Bertz CT molecular complexity index is 563. The Balaban J connectivity index is 2.29. The summed E-state index contributed by atoms with van der Waals surface area (Å²) < 4.78 is 0. The van der Waals surface area contributed by atoms with Crippen molar-refractivity contribution in [1.82, 2.24) is 4.98 Å². The van der Waals surface area contributed by atoms with E-state index < -0.39 is 5.97 Å². The molecule has 0 aromatic carbocycles. The fourth-order valence-corrected chi connectivity index (χ4v) is 2.88. The molecule has 0 amide bonds. The molecule has 1 heterocycles. The minimum Gasteiger partial charge on any atom is -0.481 e. The number of carboxylic acid groups (broad SMARTS) is 1. The van der Waals surface area contributed by atoms with Gasteiger partial charge in [-0.3, -0.25) is 9.78 Å². The van der Waals surface area contributed by atoms with E-state index in [1.807, 2.05) is 13.0 Å². The second-order valence-electron chi connectivity index (χ2n) is 5.36. The zero-order chi connectivity index (χ0) is 14.7. The van der Waals surface area contributed by atoms with Crippen LogP contribution in [-0.4, -0.2) is 22.1 Å². The summed E-state index contributed by atoms with van der Waals surface area (Å²) in [5.74, 6) is -1.15. The molecule has 5 nitrogen and oxygen atoms in total. The lowest BCUT2D eigenvalue weighted by atomic mass is 9.84. The topological polar surface area (TPSA) is 86.0 Å². The largest absolute Gasteiger partial charge is 0.481 e. The van der Waals surface area contributed by atoms with E-state index in [0.717, 1.165) is 25.0 Å².